The van der Waals surface area contributed by atoms with Gasteiger partial charge in [-0.1, -0.05) is 73.5 Å². The van der Waals surface area contributed by atoms with Gasteiger partial charge in [0.1, 0.15) is 0 Å². The van der Waals surface area contributed by atoms with Crippen LogP contribution in [0.25, 0.3) is 0 Å². The van der Waals surface area contributed by atoms with Crippen molar-refractivity contribution in [1.29, 1.82) is 0 Å². The third-order valence-corrected chi connectivity index (χ3v) is 4.16. The quantitative estimate of drug-likeness (QED) is 0.763. The normalized spacial score (nSPS) is 15.7. The third kappa shape index (κ3) is 3.56. The molecule has 0 aliphatic heterocycles. The van der Waals surface area contributed by atoms with Gasteiger partial charge in [-0.3, -0.25) is 4.79 Å². The van der Waals surface area contributed by atoms with E-state index >= 15 is 0 Å². The summed E-state index contributed by atoms with van der Waals surface area (Å²) in [6.07, 6.45) is 6.00. The maximum absolute atomic E-state index is 12.5. The molecule has 0 amide bonds. The van der Waals surface area contributed by atoms with Crippen LogP contribution in [-0.4, -0.2) is 5.97 Å². The molecule has 2 nitrogen and oxygen atoms in total. The lowest BCUT2D eigenvalue weighted by molar-refractivity contribution is -0.152. The molecular formula is C20H21O2. The molecule has 1 unspecified atom stereocenters. The van der Waals surface area contributed by atoms with Gasteiger partial charge in [-0.05, 0) is 30.4 Å². The first-order valence-electron chi connectivity index (χ1n) is 7.98. The molecule has 3 rings (SSSR count). The summed E-state index contributed by atoms with van der Waals surface area (Å²) in [4.78, 5) is 12.5. The second-order valence-corrected chi connectivity index (χ2v) is 5.76. The number of hydrogen-bond acceptors (Lipinski definition) is 2. The summed E-state index contributed by atoms with van der Waals surface area (Å²) in [5.41, 5.74) is 2.02. The van der Waals surface area contributed by atoms with Crippen LogP contribution >= 0.6 is 0 Å². The molecule has 0 bridgehead atoms. The van der Waals surface area contributed by atoms with Crippen molar-refractivity contribution in [3.63, 3.8) is 0 Å². The minimum absolute atomic E-state index is 0.0522. The van der Waals surface area contributed by atoms with Crippen LogP contribution in [0.5, 0.6) is 0 Å². The van der Waals surface area contributed by atoms with Crippen molar-refractivity contribution in [2.24, 2.45) is 5.92 Å². The molecule has 2 aromatic carbocycles. The van der Waals surface area contributed by atoms with Gasteiger partial charge < -0.3 is 4.74 Å². The molecule has 113 valence electrons. The molecule has 1 atom stereocenters. The highest BCUT2D eigenvalue weighted by Crippen LogP contribution is 2.30. The predicted octanol–water partition coefficient (Wildman–Crippen LogP) is 4.71. The smallest absolute Gasteiger partial charge is 0.310 e. The average Bonchev–Trinajstić information content (AvgIpc) is 2.62. The van der Waals surface area contributed by atoms with Crippen LogP contribution in [0.2, 0.25) is 0 Å². The van der Waals surface area contributed by atoms with E-state index in [2.05, 4.69) is 6.42 Å². The van der Waals surface area contributed by atoms with Crippen LogP contribution in [-0.2, 0) is 9.53 Å². The first-order valence-corrected chi connectivity index (χ1v) is 7.98. The van der Waals surface area contributed by atoms with Crippen LogP contribution in [0, 0.1) is 12.3 Å². The molecular weight excluding hydrogens is 272 g/mol. The second-order valence-electron chi connectivity index (χ2n) is 5.76. The molecule has 0 spiro atoms. The Kier molecular flexibility index (Phi) is 4.89. The summed E-state index contributed by atoms with van der Waals surface area (Å²) >= 11 is 0. The molecule has 1 fully saturated rings. The second kappa shape index (κ2) is 7.26. The van der Waals surface area contributed by atoms with Crippen molar-refractivity contribution in [3.05, 3.63) is 78.2 Å². The van der Waals surface area contributed by atoms with E-state index in [0.717, 1.165) is 30.4 Å². The van der Waals surface area contributed by atoms with Crippen LogP contribution in [0.3, 0.4) is 0 Å². The lowest BCUT2D eigenvalue weighted by atomic mass is 9.89. The van der Waals surface area contributed by atoms with Crippen molar-refractivity contribution in [1.82, 2.24) is 0 Å². The first-order chi connectivity index (χ1) is 10.8. The molecule has 0 saturated heterocycles. The summed E-state index contributed by atoms with van der Waals surface area (Å²) < 4.78 is 5.89. The molecule has 0 aromatic heterocycles. The molecule has 1 aliphatic rings. The van der Waals surface area contributed by atoms with Crippen molar-refractivity contribution in [3.8, 4) is 0 Å². The zero-order valence-electron chi connectivity index (χ0n) is 12.7. The number of hydrogen-bond donors (Lipinski definition) is 0. The zero-order chi connectivity index (χ0) is 15.2. The minimum Gasteiger partial charge on any atom is -0.452 e. The van der Waals surface area contributed by atoms with Crippen LogP contribution in [0.1, 0.15) is 42.9 Å². The van der Waals surface area contributed by atoms with E-state index < -0.39 is 0 Å². The van der Waals surface area contributed by atoms with Crippen LogP contribution < -0.4 is 0 Å². The number of ether oxygens (including phenoxy) is 1. The van der Waals surface area contributed by atoms with Gasteiger partial charge in [0.25, 0.3) is 0 Å². The fraction of sp³-hybridized carbons (Fsp3) is 0.300. The Morgan fingerprint density at radius 1 is 0.909 bits per heavy atom. The van der Waals surface area contributed by atoms with Gasteiger partial charge >= 0.3 is 5.97 Å². The Bertz CT molecular complexity index is 546. The van der Waals surface area contributed by atoms with Crippen LogP contribution in [0.15, 0.2) is 60.7 Å². The Labute approximate surface area is 132 Å². The largest absolute Gasteiger partial charge is 0.452 e. The molecule has 0 heterocycles. The molecule has 22 heavy (non-hydrogen) atoms. The van der Waals surface area contributed by atoms with E-state index in [9.17, 15) is 4.79 Å². The molecule has 1 radical (unpaired) electrons. The maximum atomic E-state index is 12.5. The Hall–Kier alpha value is -2.09. The Morgan fingerprint density at radius 3 is 2.00 bits per heavy atom. The summed E-state index contributed by atoms with van der Waals surface area (Å²) in [6, 6.07) is 19.9. The molecule has 2 heteroatoms. The summed E-state index contributed by atoms with van der Waals surface area (Å²) in [6.45, 7) is 0. The monoisotopic (exact) mass is 293 g/mol. The summed E-state index contributed by atoms with van der Waals surface area (Å²) in [5.74, 6) is -0.152. The lowest BCUT2D eigenvalue weighted by Gasteiger charge is -2.24. The van der Waals surface area contributed by atoms with Crippen molar-refractivity contribution >= 4 is 5.97 Å². The van der Waals surface area contributed by atoms with Crippen molar-refractivity contribution in [2.45, 2.75) is 31.8 Å². The molecule has 1 aliphatic carbocycles. The summed E-state index contributed by atoms with van der Waals surface area (Å²) in [7, 11) is 0. The van der Waals surface area contributed by atoms with E-state index in [0.29, 0.717) is 0 Å². The van der Waals surface area contributed by atoms with E-state index in [1.54, 1.807) is 0 Å². The van der Waals surface area contributed by atoms with Crippen LogP contribution in [0.4, 0.5) is 0 Å². The van der Waals surface area contributed by atoms with E-state index in [-0.39, 0.29) is 18.0 Å². The topological polar surface area (TPSA) is 26.3 Å². The predicted molar refractivity (Wildman–Crippen MR) is 87.1 cm³/mol. The number of benzene rings is 2. The van der Waals surface area contributed by atoms with Gasteiger partial charge in [-0.2, -0.15) is 0 Å². The Balaban J connectivity index is 1.81. The molecule has 0 N–H and O–H groups in total. The molecule has 1 saturated carbocycles. The highest BCUT2D eigenvalue weighted by molar-refractivity contribution is 5.74. The number of carbonyl (C=O) groups excluding carboxylic acids is 1. The Morgan fingerprint density at radius 2 is 1.50 bits per heavy atom. The summed E-state index contributed by atoms with van der Waals surface area (Å²) in [5, 5.41) is 0. The van der Waals surface area contributed by atoms with E-state index in [4.69, 9.17) is 4.74 Å². The van der Waals surface area contributed by atoms with Gasteiger partial charge in [-0.25, -0.2) is 0 Å². The van der Waals surface area contributed by atoms with E-state index in [1.165, 1.54) is 6.42 Å². The van der Waals surface area contributed by atoms with Gasteiger partial charge in [0.15, 0.2) is 6.10 Å². The third-order valence-electron chi connectivity index (χ3n) is 4.16. The maximum Gasteiger partial charge on any atom is 0.310 e. The van der Waals surface area contributed by atoms with Crippen molar-refractivity contribution < 1.29 is 9.53 Å². The van der Waals surface area contributed by atoms with Gasteiger partial charge in [0, 0.05) is 0 Å². The van der Waals surface area contributed by atoms with Gasteiger partial charge in [0.05, 0.1) is 5.92 Å². The number of rotatable bonds is 4. The van der Waals surface area contributed by atoms with Gasteiger partial charge in [-0.15, -0.1) is 0 Å². The number of carbonyl (C=O) groups is 1. The average molecular weight is 293 g/mol. The standard InChI is InChI=1S/C20H21O2/c21-20(18-14-8-3-9-15-18)22-19(16-10-4-1-5-11-16)17-12-6-2-7-13-17/h1-2,4-7,10-14,18-19H,3,8-9,15H2. The highest BCUT2D eigenvalue weighted by atomic mass is 16.5. The minimum atomic E-state index is -0.328. The van der Waals surface area contributed by atoms with Crippen molar-refractivity contribution in [2.75, 3.05) is 0 Å². The molecule has 2 aromatic rings. The van der Waals surface area contributed by atoms with Gasteiger partial charge in [0.2, 0.25) is 0 Å². The highest BCUT2D eigenvalue weighted by Gasteiger charge is 2.26. The number of esters is 1. The SMILES string of the molecule is O=C(OC(c1ccccc1)c1ccccc1)C1[CH]CCCC1. The fourth-order valence-corrected chi connectivity index (χ4v) is 2.95. The zero-order valence-corrected chi connectivity index (χ0v) is 12.7. The van der Waals surface area contributed by atoms with E-state index in [1.807, 2.05) is 60.7 Å². The lowest BCUT2D eigenvalue weighted by Crippen LogP contribution is -2.23. The first kappa shape index (κ1) is 14.8. The fourth-order valence-electron chi connectivity index (χ4n) is 2.95.